The van der Waals surface area contributed by atoms with Gasteiger partial charge >= 0.3 is 0 Å². The molecule has 10 nitrogen and oxygen atoms in total. The van der Waals surface area contributed by atoms with E-state index in [2.05, 4.69) is 55.3 Å². The molecule has 0 atom stereocenters. The highest BCUT2D eigenvalue weighted by atomic mass is 32.1. The molecule has 5 aromatic rings. The maximum absolute atomic E-state index is 5.97. The molecule has 0 radical (unpaired) electrons. The molecule has 0 bridgehead atoms. The number of hydrazine groups is 1. The Hall–Kier alpha value is -3.58. The van der Waals surface area contributed by atoms with Crippen LogP contribution in [0.3, 0.4) is 0 Å². The third kappa shape index (κ3) is 6.84. The molecule has 4 aromatic heterocycles. The van der Waals surface area contributed by atoms with Crippen LogP contribution in [-0.2, 0) is 6.54 Å². The Morgan fingerprint density at radius 2 is 1.62 bits per heavy atom. The standard InChI is InChI=1S/C33H40N8O2S2/c1-3-20-43-29-21-23(8-9-28(29)42-2)22-39-16-12-25(13-17-39)41(33-38-27-7-5-15-35-31(27)45-33)40-18-10-24(11-19-40)36-32-37-26-6-4-14-34-30(26)44-32/h4-9,14-15,21,24-25H,3,10-13,16-20,22H2,1-2H3,(H,36,37). The lowest BCUT2D eigenvalue weighted by Crippen LogP contribution is -2.56. The minimum Gasteiger partial charge on any atom is -0.493 e. The van der Waals surface area contributed by atoms with E-state index >= 15 is 0 Å². The molecular formula is C33H40N8O2S2. The van der Waals surface area contributed by atoms with Gasteiger partial charge in [-0.25, -0.2) is 24.9 Å². The number of benzene rings is 1. The van der Waals surface area contributed by atoms with Crippen LogP contribution in [-0.4, -0.2) is 81.8 Å². The number of fused-ring (bicyclic) bond motifs is 2. The number of likely N-dealkylation sites (tertiary alicyclic amines) is 1. The Morgan fingerprint density at radius 3 is 2.31 bits per heavy atom. The number of hydrogen-bond donors (Lipinski definition) is 1. The number of nitrogens with zero attached hydrogens (tertiary/aromatic N) is 7. The summed E-state index contributed by atoms with van der Waals surface area (Å²) in [5.41, 5.74) is 3.19. The van der Waals surface area contributed by atoms with Gasteiger partial charge in [-0.1, -0.05) is 35.7 Å². The van der Waals surface area contributed by atoms with Crippen molar-refractivity contribution in [2.75, 3.05) is 50.2 Å². The summed E-state index contributed by atoms with van der Waals surface area (Å²) in [6.07, 6.45) is 8.91. The topological polar surface area (TPSA) is 91.8 Å². The zero-order chi connectivity index (χ0) is 30.6. The van der Waals surface area contributed by atoms with Crippen molar-refractivity contribution in [2.45, 2.75) is 57.7 Å². The minimum absolute atomic E-state index is 0.387. The van der Waals surface area contributed by atoms with Crippen molar-refractivity contribution >= 4 is 53.6 Å². The second kappa shape index (κ2) is 13.8. The maximum atomic E-state index is 5.97. The molecule has 2 fully saturated rings. The third-order valence-electron chi connectivity index (χ3n) is 8.62. The molecule has 2 saturated heterocycles. The first-order valence-electron chi connectivity index (χ1n) is 15.9. The highest BCUT2D eigenvalue weighted by Crippen LogP contribution is 2.35. The van der Waals surface area contributed by atoms with E-state index in [9.17, 15) is 0 Å². The molecule has 0 saturated carbocycles. The van der Waals surface area contributed by atoms with Crippen molar-refractivity contribution in [2.24, 2.45) is 0 Å². The first-order valence-corrected chi connectivity index (χ1v) is 17.6. The highest BCUT2D eigenvalue weighted by molar-refractivity contribution is 7.22. The second-order valence-corrected chi connectivity index (χ2v) is 13.7. The van der Waals surface area contributed by atoms with Crippen LogP contribution in [0.25, 0.3) is 20.7 Å². The molecule has 1 N–H and O–H groups in total. The Morgan fingerprint density at radius 1 is 0.889 bits per heavy atom. The molecule has 2 aliphatic heterocycles. The number of methoxy groups -OCH3 is 1. The number of nitrogens with one attached hydrogen (secondary N) is 1. The van der Waals surface area contributed by atoms with Crippen LogP contribution < -0.4 is 19.8 Å². The summed E-state index contributed by atoms with van der Waals surface area (Å²) < 4.78 is 11.5. The smallest absolute Gasteiger partial charge is 0.202 e. The molecule has 45 heavy (non-hydrogen) atoms. The fraction of sp³-hybridized carbons (Fsp3) is 0.455. The van der Waals surface area contributed by atoms with Gasteiger partial charge in [-0.3, -0.25) is 9.91 Å². The number of ether oxygens (including phenoxy) is 2. The number of hydrogen-bond acceptors (Lipinski definition) is 12. The number of thiazole rings is 2. The van der Waals surface area contributed by atoms with Crippen molar-refractivity contribution in [1.82, 2.24) is 29.8 Å². The van der Waals surface area contributed by atoms with Gasteiger partial charge in [0.15, 0.2) is 16.6 Å². The van der Waals surface area contributed by atoms with Crippen molar-refractivity contribution in [3.8, 4) is 11.5 Å². The van der Waals surface area contributed by atoms with E-state index in [-0.39, 0.29) is 0 Å². The Bertz CT molecular complexity index is 1650. The molecule has 7 rings (SSSR count). The summed E-state index contributed by atoms with van der Waals surface area (Å²) in [6, 6.07) is 15.1. The summed E-state index contributed by atoms with van der Waals surface area (Å²) in [7, 11) is 1.70. The lowest BCUT2D eigenvalue weighted by Gasteiger charge is -2.46. The van der Waals surface area contributed by atoms with Gasteiger partial charge in [-0.15, -0.1) is 0 Å². The van der Waals surface area contributed by atoms with Gasteiger partial charge in [-0.2, -0.15) is 0 Å². The SMILES string of the molecule is CCCOc1cc(CN2CCC(N(c3nc4cccnc4s3)N3CCC(Nc4nc5cccnc5s4)CC3)CC2)ccc1OC. The average Bonchev–Trinajstić information content (AvgIpc) is 3.69. The summed E-state index contributed by atoms with van der Waals surface area (Å²) in [5.74, 6) is 1.63. The molecule has 12 heteroatoms. The van der Waals surface area contributed by atoms with Crippen LogP contribution in [0.15, 0.2) is 54.9 Å². The van der Waals surface area contributed by atoms with Gasteiger partial charge in [0.2, 0.25) is 5.13 Å². The van der Waals surface area contributed by atoms with E-state index in [0.717, 1.165) is 107 Å². The van der Waals surface area contributed by atoms with E-state index in [1.165, 1.54) is 5.56 Å². The van der Waals surface area contributed by atoms with Crippen molar-refractivity contribution in [3.05, 3.63) is 60.4 Å². The predicted molar refractivity (Wildman–Crippen MR) is 183 cm³/mol. The van der Waals surface area contributed by atoms with Gasteiger partial charge in [-0.05, 0) is 74.1 Å². The molecule has 0 unspecified atom stereocenters. The number of pyridine rings is 2. The Labute approximate surface area is 272 Å². The zero-order valence-electron chi connectivity index (χ0n) is 25.9. The van der Waals surface area contributed by atoms with E-state index in [0.29, 0.717) is 18.7 Å². The number of anilines is 2. The molecule has 0 spiro atoms. The fourth-order valence-electron chi connectivity index (χ4n) is 6.32. The van der Waals surface area contributed by atoms with Crippen molar-refractivity contribution < 1.29 is 9.47 Å². The molecular weight excluding hydrogens is 605 g/mol. The van der Waals surface area contributed by atoms with Crippen molar-refractivity contribution in [3.63, 3.8) is 0 Å². The predicted octanol–water partition coefficient (Wildman–Crippen LogP) is 6.46. The highest BCUT2D eigenvalue weighted by Gasteiger charge is 2.33. The maximum Gasteiger partial charge on any atom is 0.202 e. The minimum atomic E-state index is 0.387. The van der Waals surface area contributed by atoms with E-state index in [4.69, 9.17) is 19.4 Å². The van der Waals surface area contributed by atoms with Crippen LogP contribution >= 0.6 is 22.7 Å². The van der Waals surface area contributed by atoms with Crippen LogP contribution in [0, 0.1) is 0 Å². The third-order valence-corrected chi connectivity index (χ3v) is 10.5. The van der Waals surface area contributed by atoms with Crippen LogP contribution in [0.5, 0.6) is 11.5 Å². The zero-order valence-corrected chi connectivity index (χ0v) is 27.5. The number of rotatable bonds is 11. The van der Waals surface area contributed by atoms with Crippen LogP contribution in [0.1, 0.15) is 44.6 Å². The van der Waals surface area contributed by atoms with Crippen LogP contribution in [0.4, 0.5) is 10.3 Å². The van der Waals surface area contributed by atoms with Gasteiger partial charge in [0.1, 0.15) is 20.7 Å². The quantitative estimate of drug-likeness (QED) is 0.173. The summed E-state index contributed by atoms with van der Waals surface area (Å²) in [4.78, 5) is 23.4. The summed E-state index contributed by atoms with van der Waals surface area (Å²) in [6.45, 7) is 7.72. The second-order valence-electron chi connectivity index (χ2n) is 11.7. The Kier molecular flexibility index (Phi) is 9.24. The number of aromatic nitrogens is 4. The molecule has 6 heterocycles. The number of piperidine rings is 2. The summed E-state index contributed by atoms with van der Waals surface area (Å²) in [5, 5.41) is 10.8. The lowest BCUT2D eigenvalue weighted by atomic mass is 10.0. The first kappa shape index (κ1) is 30.1. The molecule has 0 amide bonds. The van der Waals surface area contributed by atoms with Gasteiger partial charge in [0.25, 0.3) is 0 Å². The van der Waals surface area contributed by atoms with Gasteiger partial charge < -0.3 is 14.8 Å². The van der Waals surface area contributed by atoms with Crippen molar-refractivity contribution in [1.29, 1.82) is 0 Å². The summed E-state index contributed by atoms with van der Waals surface area (Å²) >= 11 is 3.34. The fourth-order valence-corrected chi connectivity index (χ4v) is 8.21. The molecule has 236 valence electrons. The molecule has 1 aromatic carbocycles. The van der Waals surface area contributed by atoms with Crippen LogP contribution in [0.2, 0.25) is 0 Å². The van der Waals surface area contributed by atoms with E-state index in [1.807, 2.05) is 36.7 Å². The lowest BCUT2D eigenvalue weighted by molar-refractivity contribution is 0.135. The first-order chi connectivity index (χ1) is 22.2. The van der Waals surface area contributed by atoms with E-state index in [1.54, 1.807) is 29.8 Å². The Balaban J connectivity index is 1.02. The normalized spacial score (nSPS) is 17.2. The van der Waals surface area contributed by atoms with Gasteiger partial charge in [0.05, 0.1) is 19.8 Å². The van der Waals surface area contributed by atoms with E-state index < -0.39 is 0 Å². The monoisotopic (exact) mass is 644 g/mol. The molecule has 2 aliphatic rings. The largest absolute Gasteiger partial charge is 0.493 e. The molecule has 0 aliphatic carbocycles. The van der Waals surface area contributed by atoms with Gasteiger partial charge in [0, 0.05) is 51.2 Å². The average molecular weight is 645 g/mol.